The van der Waals surface area contributed by atoms with Gasteiger partial charge in [-0.1, -0.05) is 6.07 Å². The van der Waals surface area contributed by atoms with Crippen molar-refractivity contribution in [2.45, 2.75) is 24.6 Å². The third-order valence-corrected chi connectivity index (χ3v) is 2.85. The molecule has 0 spiro atoms. The lowest BCUT2D eigenvalue weighted by Gasteiger charge is -2.31. The van der Waals surface area contributed by atoms with Crippen molar-refractivity contribution in [2.75, 3.05) is 7.11 Å². The van der Waals surface area contributed by atoms with E-state index in [0.717, 1.165) is 7.11 Å². The first kappa shape index (κ1) is 11.0. The largest absolute Gasteiger partial charge is 0.466 e. The highest BCUT2D eigenvalue weighted by molar-refractivity contribution is 5.81. The average molecular weight is 225 g/mol. The lowest BCUT2D eigenvalue weighted by molar-refractivity contribution is -0.157. The third kappa shape index (κ3) is 1.48. The monoisotopic (exact) mass is 225 g/mol. The molecule has 2 rings (SSSR count). The van der Waals surface area contributed by atoms with Gasteiger partial charge in [0.15, 0.2) is 0 Å². The van der Waals surface area contributed by atoms with Crippen molar-refractivity contribution in [3.8, 4) is 0 Å². The molecule has 1 aliphatic rings. The Labute approximate surface area is 92.1 Å². The van der Waals surface area contributed by atoms with Crippen molar-refractivity contribution < 1.29 is 19.0 Å². The van der Waals surface area contributed by atoms with Gasteiger partial charge in [-0.05, 0) is 18.9 Å². The molecule has 0 aliphatic heterocycles. The molecular weight excluding hydrogens is 213 g/mol. The molecule has 1 heterocycles. The molecule has 0 unspecified atom stereocenters. The van der Waals surface area contributed by atoms with Gasteiger partial charge in [0.1, 0.15) is 0 Å². The molecule has 0 saturated carbocycles. The maximum atomic E-state index is 14.5. The van der Waals surface area contributed by atoms with Gasteiger partial charge in [-0.2, -0.15) is 0 Å². The van der Waals surface area contributed by atoms with Gasteiger partial charge in [-0.15, -0.1) is 0 Å². The zero-order chi connectivity index (χ0) is 11.8. The molecule has 86 valence electrons. The van der Waals surface area contributed by atoms with E-state index in [-0.39, 0.29) is 24.1 Å². The second kappa shape index (κ2) is 3.83. The molecule has 5 heteroatoms. The number of esters is 1. The van der Waals surface area contributed by atoms with E-state index in [1.54, 1.807) is 0 Å². The van der Waals surface area contributed by atoms with Crippen LogP contribution >= 0.6 is 0 Å². The number of rotatable bonds is 1. The van der Waals surface area contributed by atoms with Crippen LogP contribution in [0.25, 0.3) is 0 Å². The summed E-state index contributed by atoms with van der Waals surface area (Å²) in [6.07, 6.45) is 0.727. The molecule has 1 aromatic rings. The van der Waals surface area contributed by atoms with Crippen molar-refractivity contribution in [3.05, 3.63) is 29.6 Å². The molecule has 4 nitrogen and oxygen atoms in total. The summed E-state index contributed by atoms with van der Waals surface area (Å²) in [6, 6.07) is 3.00. The van der Waals surface area contributed by atoms with Crippen LogP contribution in [0.5, 0.6) is 0 Å². The summed E-state index contributed by atoms with van der Waals surface area (Å²) in [6.45, 7) is 0. The Balaban J connectivity index is 2.53. The van der Waals surface area contributed by atoms with Crippen LogP contribution in [0.2, 0.25) is 0 Å². The molecule has 0 fully saturated rings. The quantitative estimate of drug-likeness (QED) is 0.731. The Hall–Kier alpha value is -1.49. The molecule has 0 saturated heterocycles. The van der Waals surface area contributed by atoms with E-state index >= 15 is 0 Å². The van der Waals surface area contributed by atoms with Crippen LogP contribution in [0, 0.1) is 0 Å². The topological polar surface area (TPSA) is 59.4 Å². The first-order chi connectivity index (χ1) is 7.59. The number of carbonyl (C=O) groups is 1. The molecule has 0 amide bonds. The third-order valence-electron chi connectivity index (χ3n) is 2.85. The first-order valence-electron chi connectivity index (χ1n) is 5.00. The number of aromatic nitrogens is 1. The van der Waals surface area contributed by atoms with Gasteiger partial charge in [-0.3, -0.25) is 4.98 Å². The van der Waals surface area contributed by atoms with Crippen LogP contribution in [0.15, 0.2) is 18.3 Å². The number of pyridine rings is 1. The number of carbonyl (C=O) groups excluding carboxylic acids is 1. The maximum Gasteiger partial charge on any atom is 0.348 e. The Kier molecular flexibility index (Phi) is 2.63. The van der Waals surface area contributed by atoms with Gasteiger partial charge < -0.3 is 9.84 Å². The zero-order valence-corrected chi connectivity index (χ0v) is 8.81. The van der Waals surface area contributed by atoms with E-state index < -0.39 is 17.7 Å². The van der Waals surface area contributed by atoms with E-state index in [1.165, 1.54) is 18.3 Å². The van der Waals surface area contributed by atoms with Crippen molar-refractivity contribution in [1.29, 1.82) is 0 Å². The van der Waals surface area contributed by atoms with Crippen molar-refractivity contribution in [2.24, 2.45) is 0 Å². The Morgan fingerprint density at radius 1 is 1.75 bits per heavy atom. The van der Waals surface area contributed by atoms with Crippen LogP contribution in [0.3, 0.4) is 0 Å². The lowest BCUT2D eigenvalue weighted by atomic mass is 9.81. The lowest BCUT2D eigenvalue weighted by Crippen LogP contribution is -2.37. The summed E-state index contributed by atoms with van der Waals surface area (Å²) in [5.41, 5.74) is -1.85. The minimum Gasteiger partial charge on any atom is -0.466 e. The number of alkyl halides is 1. The van der Waals surface area contributed by atoms with Gasteiger partial charge in [-0.25, -0.2) is 9.18 Å². The minimum absolute atomic E-state index is 0.0838. The number of fused-ring (bicyclic) bond motifs is 1. The number of aliphatic hydroxyl groups excluding tert-OH is 1. The van der Waals surface area contributed by atoms with E-state index in [9.17, 15) is 14.3 Å². The summed E-state index contributed by atoms with van der Waals surface area (Å²) in [7, 11) is 1.14. The maximum absolute atomic E-state index is 14.5. The van der Waals surface area contributed by atoms with Crippen LogP contribution in [-0.4, -0.2) is 23.2 Å². The normalized spacial score (nSPS) is 28.3. The molecule has 0 aromatic carbocycles. The average Bonchev–Trinajstić information content (AvgIpc) is 2.33. The predicted molar refractivity (Wildman–Crippen MR) is 53.2 cm³/mol. The van der Waals surface area contributed by atoms with Crippen LogP contribution < -0.4 is 0 Å². The molecule has 0 bridgehead atoms. The number of ether oxygens (including phenoxy) is 1. The standard InChI is InChI=1S/C11H12FNO3/c1-16-10(15)11(12)5-4-8(14)9-7(11)3-2-6-13-9/h2-3,6,8,14H,4-5H2,1H3/t8-,11+/m0/s1. The Morgan fingerprint density at radius 2 is 2.50 bits per heavy atom. The van der Waals surface area contributed by atoms with Gasteiger partial charge >= 0.3 is 5.97 Å². The summed E-state index contributed by atoms with van der Waals surface area (Å²) in [5, 5.41) is 9.67. The van der Waals surface area contributed by atoms with Gasteiger partial charge in [0.25, 0.3) is 0 Å². The fourth-order valence-electron chi connectivity index (χ4n) is 2.00. The fraction of sp³-hybridized carbons (Fsp3) is 0.455. The molecule has 2 atom stereocenters. The number of aliphatic hydroxyl groups is 1. The Bertz CT molecular complexity index is 423. The number of halogens is 1. The van der Waals surface area contributed by atoms with E-state index in [4.69, 9.17) is 0 Å². The van der Waals surface area contributed by atoms with Gasteiger partial charge in [0.05, 0.1) is 18.9 Å². The molecule has 1 aliphatic carbocycles. The number of methoxy groups -OCH3 is 1. The highest BCUT2D eigenvalue weighted by Gasteiger charge is 2.47. The first-order valence-corrected chi connectivity index (χ1v) is 5.00. The predicted octanol–water partition coefficient (Wildman–Crippen LogP) is 1.25. The number of nitrogens with zero attached hydrogens (tertiary/aromatic N) is 1. The second-order valence-corrected chi connectivity index (χ2v) is 3.78. The van der Waals surface area contributed by atoms with E-state index in [0.29, 0.717) is 0 Å². The summed E-state index contributed by atoms with van der Waals surface area (Å²) >= 11 is 0. The molecule has 1 N–H and O–H groups in total. The van der Waals surface area contributed by atoms with Crippen molar-refractivity contribution in [1.82, 2.24) is 4.98 Å². The van der Waals surface area contributed by atoms with Crippen LogP contribution in [-0.2, 0) is 15.2 Å². The minimum atomic E-state index is -2.18. The SMILES string of the molecule is COC(=O)[C@@]1(F)CC[C@H](O)c2ncccc21. The van der Waals surface area contributed by atoms with Crippen LogP contribution in [0.4, 0.5) is 4.39 Å². The second-order valence-electron chi connectivity index (χ2n) is 3.78. The zero-order valence-electron chi connectivity index (χ0n) is 8.81. The number of hydrogen-bond donors (Lipinski definition) is 1. The van der Waals surface area contributed by atoms with Gasteiger partial charge in [0, 0.05) is 11.8 Å². The van der Waals surface area contributed by atoms with E-state index in [2.05, 4.69) is 9.72 Å². The Morgan fingerprint density at radius 3 is 3.19 bits per heavy atom. The molecule has 0 radical (unpaired) electrons. The molecule has 1 aromatic heterocycles. The summed E-state index contributed by atoms with van der Waals surface area (Å²) in [5.74, 6) is -0.936. The van der Waals surface area contributed by atoms with Crippen molar-refractivity contribution >= 4 is 5.97 Å². The smallest absolute Gasteiger partial charge is 0.348 e. The highest BCUT2D eigenvalue weighted by Crippen LogP contribution is 2.42. The van der Waals surface area contributed by atoms with Crippen LogP contribution in [0.1, 0.15) is 30.2 Å². The fourth-order valence-corrected chi connectivity index (χ4v) is 2.00. The molecular formula is C11H12FNO3. The molecule has 16 heavy (non-hydrogen) atoms. The summed E-state index contributed by atoms with van der Waals surface area (Å²) < 4.78 is 19.0. The van der Waals surface area contributed by atoms with E-state index in [1.807, 2.05) is 0 Å². The number of hydrogen-bond acceptors (Lipinski definition) is 4. The highest BCUT2D eigenvalue weighted by atomic mass is 19.1. The van der Waals surface area contributed by atoms with Crippen molar-refractivity contribution in [3.63, 3.8) is 0 Å². The summed E-state index contributed by atoms with van der Waals surface area (Å²) in [4.78, 5) is 15.4. The van der Waals surface area contributed by atoms with Gasteiger partial charge in [0.2, 0.25) is 5.67 Å².